The molecule has 1 amide bonds. The summed E-state index contributed by atoms with van der Waals surface area (Å²) in [6.45, 7) is 2.03. The largest absolute Gasteiger partial charge is 0.478 e. The Morgan fingerprint density at radius 3 is 2.56 bits per heavy atom. The Morgan fingerprint density at radius 1 is 1.38 bits per heavy atom. The Labute approximate surface area is 94.1 Å². The zero-order valence-electron chi connectivity index (χ0n) is 9.19. The van der Waals surface area contributed by atoms with Gasteiger partial charge in [-0.15, -0.1) is 0 Å². The van der Waals surface area contributed by atoms with E-state index < -0.39 is 11.9 Å². The molecule has 0 atom stereocenters. The third kappa shape index (κ3) is 2.59. The lowest BCUT2D eigenvalue weighted by atomic mass is 9.97. The normalized spacial score (nSPS) is 10.1. The molecule has 4 nitrogen and oxygen atoms in total. The van der Waals surface area contributed by atoms with Gasteiger partial charge < -0.3 is 10.8 Å². The Bertz CT molecular complexity index is 413. The number of amides is 1. The maximum Gasteiger partial charge on any atom is 0.336 e. The molecular formula is C12H15NO3. The number of unbranched alkanes of at least 4 members (excludes halogenated alkanes) is 1. The van der Waals surface area contributed by atoms with Crippen LogP contribution in [0.2, 0.25) is 0 Å². The maximum atomic E-state index is 11.1. The molecule has 1 aromatic carbocycles. The Kier molecular flexibility index (Phi) is 4.05. The molecule has 0 aliphatic rings. The molecule has 0 aromatic heterocycles. The van der Waals surface area contributed by atoms with Gasteiger partial charge in [-0.3, -0.25) is 4.79 Å². The van der Waals surface area contributed by atoms with E-state index in [0.717, 1.165) is 12.8 Å². The molecule has 3 N–H and O–H groups in total. The Morgan fingerprint density at radius 2 is 2.06 bits per heavy atom. The van der Waals surface area contributed by atoms with Crippen LogP contribution in [0.5, 0.6) is 0 Å². The molecule has 0 unspecified atom stereocenters. The van der Waals surface area contributed by atoms with E-state index in [0.29, 0.717) is 12.0 Å². The van der Waals surface area contributed by atoms with E-state index in [1.54, 1.807) is 12.1 Å². The minimum Gasteiger partial charge on any atom is -0.478 e. The molecule has 0 saturated heterocycles. The van der Waals surface area contributed by atoms with Crippen molar-refractivity contribution >= 4 is 11.9 Å². The summed E-state index contributed by atoms with van der Waals surface area (Å²) < 4.78 is 0. The number of benzene rings is 1. The molecular weight excluding hydrogens is 206 g/mol. The Hall–Kier alpha value is -1.84. The second-order valence-electron chi connectivity index (χ2n) is 3.61. The van der Waals surface area contributed by atoms with E-state index in [2.05, 4.69) is 0 Å². The van der Waals surface area contributed by atoms with Crippen molar-refractivity contribution in [3.05, 3.63) is 34.9 Å². The number of carbonyl (C=O) groups excluding carboxylic acids is 1. The quantitative estimate of drug-likeness (QED) is 0.795. The maximum absolute atomic E-state index is 11.1. The molecule has 0 heterocycles. The Balaban J connectivity index is 3.21. The van der Waals surface area contributed by atoms with Crippen molar-refractivity contribution in [3.8, 4) is 0 Å². The highest BCUT2D eigenvalue weighted by molar-refractivity contribution is 6.05. The topological polar surface area (TPSA) is 80.4 Å². The van der Waals surface area contributed by atoms with Crippen LogP contribution in [0, 0.1) is 0 Å². The van der Waals surface area contributed by atoms with Crippen molar-refractivity contribution in [2.45, 2.75) is 26.2 Å². The number of carboxylic acid groups (broad SMARTS) is 1. The first-order valence-corrected chi connectivity index (χ1v) is 5.23. The second kappa shape index (κ2) is 5.30. The molecule has 1 aromatic rings. The van der Waals surface area contributed by atoms with Gasteiger partial charge in [0.2, 0.25) is 5.91 Å². The van der Waals surface area contributed by atoms with E-state index in [1.165, 1.54) is 6.07 Å². The SMILES string of the molecule is CCCCc1cccc(C(N)=O)c1C(=O)O. The van der Waals surface area contributed by atoms with Crippen molar-refractivity contribution in [2.75, 3.05) is 0 Å². The lowest BCUT2D eigenvalue weighted by Crippen LogP contribution is -2.18. The summed E-state index contributed by atoms with van der Waals surface area (Å²) in [5, 5.41) is 9.09. The van der Waals surface area contributed by atoms with Crippen LogP contribution in [-0.2, 0) is 6.42 Å². The monoisotopic (exact) mass is 221 g/mol. The highest BCUT2D eigenvalue weighted by atomic mass is 16.4. The molecule has 0 spiro atoms. The average molecular weight is 221 g/mol. The summed E-state index contributed by atoms with van der Waals surface area (Å²) >= 11 is 0. The van der Waals surface area contributed by atoms with Crippen LogP contribution in [0.4, 0.5) is 0 Å². The van der Waals surface area contributed by atoms with Gasteiger partial charge in [0.05, 0.1) is 11.1 Å². The van der Waals surface area contributed by atoms with Crippen molar-refractivity contribution in [3.63, 3.8) is 0 Å². The van der Waals surface area contributed by atoms with Crippen molar-refractivity contribution in [2.24, 2.45) is 5.73 Å². The van der Waals surface area contributed by atoms with Crippen LogP contribution in [0.25, 0.3) is 0 Å². The number of hydrogen-bond acceptors (Lipinski definition) is 2. The van der Waals surface area contributed by atoms with Gasteiger partial charge in [0.25, 0.3) is 0 Å². The number of rotatable bonds is 5. The fraction of sp³-hybridized carbons (Fsp3) is 0.333. The molecule has 86 valence electrons. The number of nitrogens with two attached hydrogens (primary N) is 1. The number of carbonyl (C=O) groups is 2. The van der Waals surface area contributed by atoms with E-state index in [9.17, 15) is 9.59 Å². The van der Waals surface area contributed by atoms with Crippen molar-refractivity contribution < 1.29 is 14.7 Å². The van der Waals surface area contributed by atoms with Crippen molar-refractivity contribution in [1.29, 1.82) is 0 Å². The van der Waals surface area contributed by atoms with Gasteiger partial charge in [0.15, 0.2) is 0 Å². The summed E-state index contributed by atoms with van der Waals surface area (Å²) in [4.78, 5) is 22.2. The van der Waals surface area contributed by atoms with Crippen LogP contribution in [0.1, 0.15) is 46.0 Å². The van der Waals surface area contributed by atoms with E-state index >= 15 is 0 Å². The number of aromatic carboxylic acids is 1. The molecule has 16 heavy (non-hydrogen) atoms. The van der Waals surface area contributed by atoms with Crippen molar-refractivity contribution in [1.82, 2.24) is 0 Å². The first-order valence-electron chi connectivity index (χ1n) is 5.23. The standard InChI is InChI=1S/C12H15NO3/c1-2-3-5-8-6-4-7-9(11(13)14)10(8)12(15)16/h4,6-7H,2-3,5H2,1H3,(H2,13,14)(H,15,16). The number of hydrogen-bond donors (Lipinski definition) is 2. The third-order valence-electron chi connectivity index (χ3n) is 2.43. The smallest absolute Gasteiger partial charge is 0.336 e. The van der Waals surface area contributed by atoms with Crippen LogP contribution >= 0.6 is 0 Å². The minimum atomic E-state index is -1.10. The molecule has 0 fully saturated rings. The van der Waals surface area contributed by atoms with Gasteiger partial charge in [-0.25, -0.2) is 4.79 Å². The van der Waals surface area contributed by atoms with Gasteiger partial charge >= 0.3 is 5.97 Å². The summed E-state index contributed by atoms with van der Waals surface area (Å²) in [7, 11) is 0. The fourth-order valence-corrected chi connectivity index (χ4v) is 1.63. The summed E-state index contributed by atoms with van der Waals surface area (Å²) in [6, 6.07) is 4.84. The molecule has 4 heteroatoms. The molecule has 0 aliphatic heterocycles. The molecule has 0 aliphatic carbocycles. The fourth-order valence-electron chi connectivity index (χ4n) is 1.63. The zero-order valence-corrected chi connectivity index (χ0v) is 9.19. The van der Waals surface area contributed by atoms with Crippen LogP contribution in [0.3, 0.4) is 0 Å². The number of primary amides is 1. The zero-order chi connectivity index (χ0) is 12.1. The number of aryl methyl sites for hydroxylation is 1. The van der Waals surface area contributed by atoms with E-state index in [4.69, 9.17) is 10.8 Å². The molecule has 0 saturated carbocycles. The lowest BCUT2D eigenvalue weighted by molar-refractivity contribution is 0.0690. The molecule has 1 rings (SSSR count). The molecule has 0 bridgehead atoms. The number of carboxylic acids is 1. The lowest BCUT2D eigenvalue weighted by Gasteiger charge is -2.08. The molecule has 0 radical (unpaired) electrons. The second-order valence-corrected chi connectivity index (χ2v) is 3.61. The first kappa shape index (κ1) is 12.2. The highest BCUT2D eigenvalue weighted by Gasteiger charge is 2.17. The van der Waals surface area contributed by atoms with Gasteiger partial charge in [0.1, 0.15) is 0 Å². The van der Waals surface area contributed by atoms with E-state index in [-0.39, 0.29) is 11.1 Å². The summed E-state index contributed by atoms with van der Waals surface area (Å²) in [6.07, 6.45) is 2.52. The van der Waals surface area contributed by atoms with Crippen LogP contribution in [-0.4, -0.2) is 17.0 Å². The van der Waals surface area contributed by atoms with E-state index in [1.807, 2.05) is 6.92 Å². The summed E-state index contributed by atoms with van der Waals surface area (Å²) in [5.41, 5.74) is 5.95. The highest BCUT2D eigenvalue weighted by Crippen LogP contribution is 2.17. The summed E-state index contributed by atoms with van der Waals surface area (Å²) in [5.74, 6) is -1.80. The van der Waals surface area contributed by atoms with Gasteiger partial charge in [-0.05, 0) is 24.5 Å². The van der Waals surface area contributed by atoms with Gasteiger partial charge in [-0.2, -0.15) is 0 Å². The predicted octanol–water partition coefficient (Wildman–Crippen LogP) is 1.83. The third-order valence-corrected chi connectivity index (χ3v) is 2.43. The van der Waals surface area contributed by atoms with Gasteiger partial charge in [0, 0.05) is 0 Å². The minimum absolute atomic E-state index is 0.0449. The first-order chi connectivity index (χ1) is 7.57. The van der Waals surface area contributed by atoms with Crippen LogP contribution in [0.15, 0.2) is 18.2 Å². The predicted molar refractivity (Wildman–Crippen MR) is 60.5 cm³/mol. The van der Waals surface area contributed by atoms with Crippen LogP contribution < -0.4 is 5.73 Å². The van der Waals surface area contributed by atoms with Gasteiger partial charge in [-0.1, -0.05) is 25.5 Å². The average Bonchev–Trinajstić information content (AvgIpc) is 2.25.